The molecule has 1 rings (SSSR count). The molecule has 20 heavy (non-hydrogen) atoms. The molecule has 1 atom stereocenters. The van der Waals surface area contributed by atoms with Crippen molar-refractivity contribution < 1.29 is 14.7 Å². The number of rotatable bonds is 9. The van der Waals surface area contributed by atoms with Crippen LogP contribution in [0.25, 0.3) is 0 Å². The van der Waals surface area contributed by atoms with E-state index in [0.29, 0.717) is 19.5 Å². The lowest BCUT2D eigenvalue weighted by atomic mass is 10.1. The highest BCUT2D eigenvalue weighted by molar-refractivity contribution is 5.73. The molecule has 1 aliphatic heterocycles. The summed E-state index contributed by atoms with van der Waals surface area (Å²) in [5.74, 6) is -0.607. The maximum Gasteiger partial charge on any atom is 0.314 e. The van der Waals surface area contributed by atoms with Gasteiger partial charge in [0.15, 0.2) is 0 Å². The Balaban J connectivity index is 1.95. The molecule has 1 unspecified atom stereocenters. The van der Waals surface area contributed by atoms with Gasteiger partial charge in [0.2, 0.25) is 0 Å². The fourth-order valence-corrected chi connectivity index (χ4v) is 2.31. The number of carboxylic acids is 1. The third-order valence-corrected chi connectivity index (χ3v) is 3.60. The van der Waals surface area contributed by atoms with Gasteiger partial charge in [-0.25, -0.2) is 4.79 Å². The van der Waals surface area contributed by atoms with Crippen molar-refractivity contribution in [2.75, 3.05) is 32.7 Å². The number of urea groups is 1. The number of nitrogens with zero attached hydrogens (tertiary/aromatic N) is 1. The van der Waals surface area contributed by atoms with Crippen LogP contribution in [0.4, 0.5) is 4.79 Å². The summed E-state index contributed by atoms with van der Waals surface area (Å²) in [4.78, 5) is 24.4. The molecule has 0 spiro atoms. The Morgan fingerprint density at radius 3 is 2.60 bits per heavy atom. The summed E-state index contributed by atoms with van der Waals surface area (Å²) >= 11 is 0. The van der Waals surface area contributed by atoms with Crippen molar-refractivity contribution in [3.8, 4) is 0 Å². The summed E-state index contributed by atoms with van der Waals surface area (Å²) in [6.07, 6.45) is 4.30. The van der Waals surface area contributed by atoms with Crippen molar-refractivity contribution in [2.24, 2.45) is 5.92 Å². The number of carboxylic acid groups (broad SMARTS) is 1. The average Bonchev–Trinajstić information content (AvgIpc) is 2.92. The van der Waals surface area contributed by atoms with E-state index in [1.165, 1.54) is 25.9 Å². The first-order valence-corrected chi connectivity index (χ1v) is 7.54. The Labute approximate surface area is 120 Å². The van der Waals surface area contributed by atoms with Crippen LogP contribution in [0, 0.1) is 5.92 Å². The molecule has 1 heterocycles. The van der Waals surface area contributed by atoms with Gasteiger partial charge in [0.1, 0.15) is 0 Å². The Morgan fingerprint density at radius 1 is 1.25 bits per heavy atom. The Morgan fingerprint density at radius 2 is 1.95 bits per heavy atom. The second kappa shape index (κ2) is 9.58. The van der Waals surface area contributed by atoms with Gasteiger partial charge in [-0.2, -0.15) is 0 Å². The van der Waals surface area contributed by atoms with Gasteiger partial charge in [0.25, 0.3) is 0 Å². The minimum absolute atomic E-state index is 0.153. The number of carbonyl (C=O) groups excluding carboxylic acids is 1. The van der Waals surface area contributed by atoms with Crippen LogP contribution in [0.1, 0.15) is 39.0 Å². The van der Waals surface area contributed by atoms with Crippen LogP contribution in [0.2, 0.25) is 0 Å². The van der Waals surface area contributed by atoms with Crippen molar-refractivity contribution in [3.63, 3.8) is 0 Å². The van der Waals surface area contributed by atoms with Crippen LogP contribution < -0.4 is 10.6 Å². The number of carbonyl (C=O) groups is 2. The van der Waals surface area contributed by atoms with Gasteiger partial charge >= 0.3 is 12.0 Å². The predicted octanol–water partition coefficient (Wildman–Crippen LogP) is 1.27. The van der Waals surface area contributed by atoms with Crippen molar-refractivity contribution in [1.82, 2.24) is 15.5 Å². The average molecular weight is 285 g/mol. The summed E-state index contributed by atoms with van der Waals surface area (Å²) in [6, 6.07) is -0.159. The first kappa shape index (κ1) is 16.8. The lowest BCUT2D eigenvalue weighted by Crippen LogP contribution is -2.39. The zero-order valence-electron chi connectivity index (χ0n) is 12.4. The van der Waals surface area contributed by atoms with Crippen LogP contribution in [0.3, 0.4) is 0 Å². The molecule has 116 valence electrons. The molecule has 0 aromatic rings. The molecule has 3 N–H and O–H groups in total. The zero-order valence-corrected chi connectivity index (χ0v) is 12.4. The summed E-state index contributed by atoms with van der Waals surface area (Å²) in [5, 5.41) is 14.2. The number of nitrogens with one attached hydrogen (secondary N) is 2. The van der Waals surface area contributed by atoms with E-state index in [9.17, 15) is 9.59 Å². The summed E-state index contributed by atoms with van der Waals surface area (Å²) < 4.78 is 0. The van der Waals surface area contributed by atoms with Gasteiger partial charge < -0.3 is 20.6 Å². The van der Waals surface area contributed by atoms with Gasteiger partial charge in [-0.05, 0) is 51.2 Å². The standard InChI is InChI=1S/C14H27N3O3/c1-12(5-6-13(18)19)11-16-14(20)15-7-4-10-17-8-2-3-9-17/h12H,2-11H2,1H3,(H,18,19)(H2,15,16,20). The molecule has 0 aromatic heterocycles. The Kier molecular flexibility index (Phi) is 8.02. The number of hydrogen-bond donors (Lipinski definition) is 3. The molecule has 1 fully saturated rings. The largest absolute Gasteiger partial charge is 0.481 e. The topological polar surface area (TPSA) is 81.7 Å². The number of aliphatic carboxylic acids is 1. The molecule has 6 heteroatoms. The number of hydrogen-bond acceptors (Lipinski definition) is 3. The quantitative estimate of drug-likeness (QED) is 0.557. The van der Waals surface area contributed by atoms with Crippen LogP contribution in [-0.4, -0.2) is 54.7 Å². The zero-order chi connectivity index (χ0) is 14.8. The smallest absolute Gasteiger partial charge is 0.314 e. The van der Waals surface area contributed by atoms with Crippen LogP contribution in [-0.2, 0) is 4.79 Å². The Bertz CT molecular complexity index is 304. The van der Waals surface area contributed by atoms with Gasteiger partial charge in [-0.15, -0.1) is 0 Å². The van der Waals surface area contributed by atoms with E-state index < -0.39 is 5.97 Å². The van der Waals surface area contributed by atoms with E-state index in [2.05, 4.69) is 15.5 Å². The van der Waals surface area contributed by atoms with Crippen molar-refractivity contribution in [3.05, 3.63) is 0 Å². The van der Waals surface area contributed by atoms with Crippen LogP contribution in [0.15, 0.2) is 0 Å². The highest BCUT2D eigenvalue weighted by Gasteiger charge is 2.11. The molecular formula is C14H27N3O3. The molecular weight excluding hydrogens is 258 g/mol. The van der Waals surface area contributed by atoms with E-state index in [1.54, 1.807) is 0 Å². The van der Waals surface area contributed by atoms with Gasteiger partial charge in [0, 0.05) is 19.5 Å². The van der Waals surface area contributed by atoms with E-state index in [0.717, 1.165) is 13.0 Å². The van der Waals surface area contributed by atoms with Gasteiger partial charge in [-0.1, -0.05) is 6.92 Å². The maximum absolute atomic E-state index is 11.5. The monoisotopic (exact) mass is 285 g/mol. The summed E-state index contributed by atoms with van der Waals surface area (Å²) in [7, 11) is 0. The van der Waals surface area contributed by atoms with Crippen LogP contribution >= 0.6 is 0 Å². The van der Waals surface area contributed by atoms with Gasteiger partial charge in [0.05, 0.1) is 0 Å². The number of amides is 2. The summed E-state index contributed by atoms with van der Waals surface area (Å²) in [5.41, 5.74) is 0. The molecule has 0 aromatic carbocycles. The van der Waals surface area contributed by atoms with Crippen molar-refractivity contribution in [1.29, 1.82) is 0 Å². The van der Waals surface area contributed by atoms with E-state index >= 15 is 0 Å². The van der Waals surface area contributed by atoms with Crippen molar-refractivity contribution in [2.45, 2.75) is 39.0 Å². The highest BCUT2D eigenvalue weighted by atomic mass is 16.4. The second-order valence-electron chi connectivity index (χ2n) is 5.58. The first-order chi connectivity index (χ1) is 9.58. The molecule has 0 aliphatic carbocycles. The Hall–Kier alpha value is -1.30. The third-order valence-electron chi connectivity index (χ3n) is 3.60. The molecule has 1 aliphatic rings. The fraction of sp³-hybridized carbons (Fsp3) is 0.857. The van der Waals surface area contributed by atoms with Crippen molar-refractivity contribution >= 4 is 12.0 Å². The minimum Gasteiger partial charge on any atom is -0.481 e. The highest BCUT2D eigenvalue weighted by Crippen LogP contribution is 2.07. The minimum atomic E-state index is -0.789. The van der Waals surface area contributed by atoms with Crippen LogP contribution in [0.5, 0.6) is 0 Å². The normalized spacial score (nSPS) is 16.9. The molecule has 2 amide bonds. The molecule has 0 saturated carbocycles. The second-order valence-corrected chi connectivity index (χ2v) is 5.58. The fourth-order valence-electron chi connectivity index (χ4n) is 2.31. The first-order valence-electron chi connectivity index (χ1n) is 7.54. The molecule has 0 radical (unpaired) electrons. The van der Waals surface area contributed by atoms with Gasteiger partial charge in [-0.3, -0.25) is 4.79 Å². The summed E-state index contributed by atoms with van der Waals surface area (Å²) in [6.45, 7) is 6.57. The third kappa shape index (κ3) is 7.99. The van der Waals surface area contributed by atoms with E-state index in [4.69, 9.17) is 5.11 Å². The molecule has 1 saturated heterocycles. The predicted molar refractivity (Wildman–Crippen MR) is 77.7 cm³/mol. The van der Waals surface area contributed by atoms with E-state index in [1.807, 2.05) is 6.92 Å². The number of likely N-dealkylation sites (tertiary alicyclic amines) is 1. The van der Waals surface area contributed by atoms with E-state index in [-0.39, 0.29) is 18.4 Å². The molecule has 6 nitrogen and oxygen atoms in total. The lowest BCUT2D eigenvalue weighted by Gasteiger charge is -2.15. The SMILES string of the molecule is CC(CCC(=O)O)CNC(=O)NCCCN1CCCC1. The lowest BCUT2D eigenvalue weighted by molar-refractivity contribution is -0.137. The maximum atomic E-state index is 11.5. The molecule has 0 bridgehead atoms.